The first kappa shape index (κ1) is 41.1. The first-order valence-electron chi connectivity index (χ1n) is 25.5. The molecule has 0 N–H and O–H groups in total. The van der Waals surface area contributed by atoms with Crippen molar-refractivity contribution in [2.75, 3.05) is 4.90 Å². The lowest BCUT2D eigenvalue weighted by atomic mass is 9.81. The molecule has 2 unspecified atom stereocenters. The van der Waals surface area contributed by atoms with E-state index in [0.29, 0.717) is 0 Å². The van der Waals surface area contributed by atoms with Crippen molar-refractivity contribution in [3.8, 4) is 61.3 Å². The normalized spacial score (nSPS) is 16.7. The summed E-state index contributed by atoms with van der Waals surface area (Å²) in [7, 11) is 0. The number of fused-ring (bicyclic) bond motifs is 12. The average molecular weight is 919 g/mol. The van der Waals surface area contributed by atoms with Gasteiger partial charge in [0.1, 0.15) is 0 Å². The van der Waals surface area contributed by atoms with Crippen molar-refractivity contribution in [3.63, 3.8) is 0 Å². The number of anilines is 2. The van der Waals surface area contributed by atoms with E-state index in [9.17, 15) is 0 Å². The van der Waals surface area contributed by atoms with Gasteiger partial charge in [-0.25, -0.2) is 0 Å². The van der Waals surface area contributed by atoms with Crippen LogP contribution in [0.5, 0.6) is 0 Å². The summed E-state index contributed by atoms with van der Waals surface area (Å²) in [4.78, 5) is 2.62. The minimum absolute atomic E-state index is 0.172. The van der Waals surface area contributed by atoms with Gasteiger partial charge in [-0.05, 0) is 162 Å². The van der Waals surface area contributed by atoms with Crippen molar-refractivity contribution in [2.24, 2.45) is 0 Å². The molecular weight excluding hydrogens is 869 g/mol. The maximum Gasteiger partial charge on any atom is 0.0629 e. The van der Waals surface area contributed by atoms with Gasteiger partial charge in [-0.1, -0.05) is 190 Å². The standard InChI is InChI=1S/C70H50N2/c1-70(2)63-42-67-61(55-26-13-15-30-65(55)71(67)51-34-32-46(33-35-51)69-57-28-11-9-24-53(57)54-25-10-12-29-58(54)69)40-59(63)60-41-62-56-27-14-16-31-66(56)72(68(62)43-64(60)70)52-23-17-22-47(39-52)50-37-48(44-18-5-3-6-19-44)36-49(38-50)45-20-7-4-8-21-45/h3-43,56,66,69H,1-2H3. The molecule has 0 radical (unpaired) electrons. The second-order valence-electron chi connectivity index (χ2n) is 20.8. The van der Waals surface area contributed by atoms with E-state index in [0.717, 1.165) is 0 Å². The molecule has 0 fully saturated rings. The highest BCUT2D eigenvalue weighted by molar-refractivity contribution is 6.12. The fraction of sp³-hybridized carbons (Fsp3) is 0.0857. The van der Waals surface area contributed by atoms with Crippen LogP contribution in [0.15, 0.2) is 249 Å². The Hall–Kier alpha value is -8.72. The topological polar surface area (TPSA) is 8.17 Å². The number of aromatic nitrogens is 1. The van der Waals surface area contributed by atoms with Gasteiger partial charge < -0.3 is 9.47 Å². The van der Waals surface area contributed by atoms with Crippen LogP contribution in [0, 0.1) is 0 Å². The zero-order valence-corrected chi connectivity index (χ0v) is 40.3. The van der Waals surface area contributed by atoms with E-state index in [1.165, 1.54) is 128 Å². The first-order valence-corrected chi connectivity index (χ1v) is 25.5. The number of nitrogens with zero attached hydrogens (tertiary/aromatic N) is 2. The summed E-state index contributed by atoms with van der Waals surface area (Å²) in [5, 5.41) is 2.57. The van der Waals surface area contributed by atoms with Gasteiger partial charge in [0.25, 0.3) is 0 Å². The van der Waals surface area contributed by atoms with Crippen molar-refractivity contribution in [1.29, 1.82) is 0 Å². The number of rotatable bonds is 6. The van der Waals surface area contributed by atoms with Gasteiger partial charge >= 0.3 is 0 Å². The fourth-order valence-corrected chi connectivity index (χ4v) is 13.2. The molecule has 72 heavy (non-hydrogen) atoms. The highest BCUT2D eigenvalue weighted by Crippen LogP contribution is 2.57. The minimum Gasteiger partial charge on any atom is -0.333 e. The largest absolute Gasteiger partial charge is 0.333 e. The second kappa shape index (κ2) is 15.6. The third-order valence-electron chi connectivity index (χ3n) is 16.6. The van der Waals surface area contributed by atoms with E-state index in [4.69, 9.17) is 0 Å². The van der Waals surface area contributed by atoms with Crippen molar-refractivity contribution in [2.45, 2.75) is 37.1 Å². The number of para-hydroxylation sites is 1. The Morgan fingerprint density at radius 1 is 0.375 bits per heavy atom. The quantitative estimate of drug-likeness (QED) is 0.161. The second-order valence-corrected chi connectivity index (χ2v) is 20.8. The Morgan fingerprint density at radius 2 is 0.958 bits per heavy atom. The molecule has 3 aliphatic carbocycles. The van der Waals surface area contributed by atoms with Crippen molar-refractivity contribution >= 4 is 33.2 Å². The van der Waals surface area contributed by atoms with Crippen LogP contribution in [0.1, 0.15) is 59.1 Å². The minimum atomic E-state index is -0.235. The summed E-state index contributed by atoms with van der Waals surface area (Å²) >= 11 is 0. The van der Waals surface area contributed by atoms with Crippen LogP contribution in [-0.4, -0.2) is 10.6 Å². The van der Waals surface area contributed by atoms with Gasteiger partial charge in [-0.3, -0.25) is 0 Å². The summed E-state index contributed by atoms with van der Waals surface area (Å²) < 4.78 is 2.50. The highest BCUT2D eigenvalue weighted by Gasteiger charge is 2.43. The van der Waals surface area contributed by atoms with Crippen molar-refractivity contribution in [1.82, 2.24) is 4.57 Å². The average Bonchev–Trinajstić information content (AvgIpc) is 4.13. The summed E-state index contributed by atoms with van der Waals surface area (Å²) in [5.74, 6) is 0.450. The van der Waals surface area contributed by atoms with E-state index < -0.39 is 0 Å². The van der Waals surface area contributed by atoms with Crippen LogP contribution in [0.4, 0.5) is 11.4 Å². The van der Waals surface area contributed by atoms with Crippen molar-refractivity contribution < 1.29 is 0 Å². The van der Waals surface area contributed by atoms with Crippen LogP contribution >= 0.6 is 0 Å². The Kier molecular flexibility index (Phi) is 8.93. The van der Waals surface area contributed by atoms with Gasteiger partial charge in [0.05, 0.1) is 17.1 Å². The molecule has 2 heteroatoms. The third-order valence-corrected chi connectivity index (χ3v) is 16.6. The van der Waals surface area contributed by atoms with E-state index >= 15 is 0 Å². The summed E-state index contributed by atoms with van der Waals surface area (Å²) in [5.41, 5.74) is 26.9. The molecule has 0 bridgehead atoms. The molecule has 2 heterocycles. The van der Waals surface area contributed by atoms with Gasteiger partial charge in [0.15, 0.2) is 0 Å². The Labute approximate surface area is 421 Å². The Morgan fingerprint density at radius 3 is 1.67 bits per heavy atom. The monoisotopic (exact) mass is 918 g/mol. The fourth-order valence-electron chi connectivity index (χ4n) is 13.2. The number of benzene rings is 10. The van der Waals surface area contributed by atoms with Gasteiger partial charge in [-0.15, -0.1) is 0 Å². The van der Waals surface area contributed by atoms with Crippen LogP contribution < -0.4 is 4.90 Å². The molecule has 1 aromatic heterocycles. The first-order chi connectivity index (χ1) is 35.5. The van der Waals surface area contributed by atoms with Gasteiger partial charge in [0, 0.05) is 45.1 Å². The zero-order chi connectivity index (χ0) is 47.7. The van der Waals surface area contributed by atoms with Crippen molar-refractivity contribution in [3.05, 3.63) is 282 Å². The summed E-state index contributed by atoms with van der Waals surface area (Å²) in [6, 6.07) is 84.4. The summed E-state index contributed by atoms with van der Waals surface area (Å²) in [6.45, 7) is 4.87. The van der Waals surface area contributed by atoms with Gasteiger partial charge in [0.2, 0.25) is 0 Å². The maximum absolute atomic E-state index is 2.62. The SMILES string of the molecule is CC1(C)c2cc3c(cc2-c2cc4c5ccccc5n(-c5ccc(C6c7ccccc7-c7ccccc76)cc5)c4cc21)C1C=CC=CC1N3c1cccc(-c2cc(-c3ccccc3)cc(-c3ccccc3)c2)c1. The molecule has 1 aliphatic heterocycles. The third kappa shape index (κ3) is 6.09. The molecule has 4 aliphatic rings. The van der Waals surface area contributed by atoms with Gasteiger partial charge in [-0.2, -0.15) is 0 Å². The van der Waals surface area contributed by atoms with Crippen LogP contribution in [-0.2, 0) is 5.41 Å². The van der Waals surface area contributed by atoms with E-state index in [1.54, 1.807) is 0 Å². The zero-order valence-electron chi connectivity index (χ0n) is 40.3. The lowest BCUT2D eigenvalue weighted by molar-refractivity contribution is 0.661. The Balaban J connectivity index is 0.838. The molecule has 340 valence electrons. The molecule has 0 spiro atoms. The molecule has 2 nitrogen and oxygen atoms in total. The maximum atomic E-state index is 2.62. The Bertz CT molecular complexity index is 3970. The smallest absolute Gasteiger partial charge is 0.0629 e. The van der Waals surface area contributed by atoms with Crippen LogP contribution in [0.25, 0.3) is 83.1 Å². The number of hydrogen-bond acceptors (Lipinski definition) is 1. The number of hydrogen-bond donors (Lipinski definition) is 0. The molecular formula is C70H50N2. The molecule has 0 saturated heterocycles. The molecule has 11 aromatic rings. The lowest BCUT2D eigenvalue weighted by Gasteiger charge is -2.30. The number of allylic oxidation sites excluding steroid dienone is 2. The van der Waals surface area contributed by atoms with E-state index in [2.05, 4.69) is 272 Å². The molecule has 15 rings (SSSR count). The van der Waals surface area contributed by atoms with E-state index in [-0.39, 0.29) is 23.3 Å². The highest BCUT2D eigenvalue weighted by atomic mass is 15.2. The predicted octanol–water partition coefficient (Wildman–Crippen LogP) is 18.0. The predicted molar refractivity (Wildman–Crippen MR) is 301 cm³/mol. The lowest BCUT2D eigenvalue weighted by Crippen LogP contribution is -2.28. The summed E-state index contributed by atoms with van der Waals surface area (Å²) in [6.07, 6.45) is 9.30. The van der Waals surface area contributed by atoms with E-state index in [1.807, 2.05) is 0 Å². The molecule has 2 atom stereocenters. The molecule has 0 saturated carbocycles. The molecule has 10 aromatic carbocycles. The van der Waals surface area contributed by atoms with Crippen LogP contribution in [0.2, 0.25) is 0 Å². The molecule has 0 amide bonds. The van der Waals surface area contributed by atoms with Crippen LogP contribution in [0.3, 0.4) is 0 Å².